The number of benzene rings is 3. The van der Waals surface area contributed by atoms with Crippen molar-refractivity contribution < 1.29 is 19.3 Å². The van der Waals surface area contributed by atoms with Crippen LogP contribution in [0.4, 0.5) is 5.95 Å². The maximum absolute atomic E-state index is 13.4. The van der Waals surface area contributed by atoms with Gasteiger partial charge in [-0.05, 0) is 41.0 Å². The van der Waals surface area contributed by atoms with E-state index < -0.39 is 35.6 Å². The summed E-state index contributed by atoms with van der Waals surface area (Å²) in [5, 5.41) is 14.4. The van der Waals surface area contributed by atoms with E-state index in [9.17, 15) is 9.90 Å². The van der Waals surface area contributed by atoms with E-state index in [4.69, 9.17) is 30.7 Å². The molecule has 1 aliphatic heterocycles. The second-order valence-electron chi connectivity index (χ2n) is 10.3. The quantitative estimate of drug-likeness (QED) is 0.162. The normalized spacial score (nSPS) is 20.3. The first-order valence-electron chi connectivity index (χ1n) is 13.8. The molecule has 6 rings (SSSR count). The monoisotopic (exact) mass is 583 g/mol. The molecular weight excluding hydrogens is 550 g/mol. The van der Waals surface area contributed by atoms with E-state index in [1.165, 1.54) is 10.9 Å². The number of aliphatic hydroxyl groups excluding tert-OH is 1. The van der Waals surface area contributed by atoms with Gasteiger partial charge in [-0.1, -0.05) is 54.6 Å². The van der Waals surface area contributed by atoms with Gasteiger partial charge in [0, 0.05) is 6.54 Å². The van der Waals surface area contributed by atoms with Crippen molar-refractivity contribution in [2.24, 2.45) is 11.5 Å². The molecule has 5 aromatic rings. The van der Waals surface area contributed by atoms with Crippen LogP contribution in [-0.4, -0.2) is 63.6 Å². The third kappa shape index (κ3) is 4.89. The fraction of sp³-hybridized carbons (Fsp3) is 0.258. The van der Waals surface area contributed by atoms with Crippen molar-refractivity contribution in [3.8, 4) is 11.5 Å². The Balaban J connectivity index is 1.55. The summed E-state index contributed by atoms with van der Waals surface area (Å²) in [6.07, 6.45) is -1.15. The highest BCUT2D eigenvalue weighted by Gasteiger charge is 2.43. The average molecular weight is 584 g/mol. The van der Waals surface area contributed by atoms with Gasteiger partial charge in [0.25, 0.3) is 5.56 Å². The average Bonchev–Trinajstić information content (AvgIpc) is 3.60. The molecule has 2 aromatic heterocycles. The van der Waals surface area contributed by atoms with Crippen LogP contribution in [0.2, 0.25) is 0 Å². The molecule has 0 saturated carbocycles. The second-order valence-corrected chi connectivity index (χ2v) is 10.3. The van der Waals surface area contributed by atoms with Crippen molar-refractivity contribution >= 4 is 17.1 Å². The van der Waals surface area contributed by atoms with Crippen LogP contribution in [0, 0.1) is 0 Å². The summed E-state index contributed by atoms with van der Waals surface area (Å²) in [7, 11) is 3.23. The number of aliphatic hydroxyl groups is 1. The highest BCUT2D eigenvalue weighted by atomic mass is 16.5. The minimum absolute atomic E-state index is 0.0883. The molecule has 4 atom stereocenters. The van der Waals surface area contributed by atoms with Crippen molar-refractivity contribution in [3.63, 3.8) is 0 Å². The SMILES string of the molecule is COc1ccc(C(Nc2nc3c(ncn3[C@@H]3O[C@H](CN)[C@@H](N)[C@H]3O)c(=O)[nH]2)(c2ccccc2)c2ccc(OC)cc2)cc1. The summed E-state index contributed by atoms with van der Waals surface area (Å²) in [6.45, 7) is 0.130. The van der Waals surface area contributed by atoms with Gasteiger partial charge in [0.05, 0.1) is 32.7 Å². The maximum atomic E-state index is 13.4. The van der Waals surface area contributed by atoms with E-state index >= 15 is 0 Å². The second kappa shape index (κ2) is 11.5. The number of rotatable bonds is 9. The third-order valence-electron chi connectivity index (χ3n) is 7.93. The summed E-state index contributed by atoms with van der Waals surface area (Å²) in [4.78, 5) is 25.3. The number of methoxy groups -OCH3 is 2. The molecule has 3 heterocycles. The van der Waals surface area contributed by atoms with Crippen molar-refractivity contribution in [1.29, 1.82) is 0 Å². The summed E-state index contributed by atoms with van der Waals surface area (Å²) < 4.78 is 18.3. The first-order chi connectivity index (χ1) is 20.9. The van der Waals surface area contributed by atoms with Crippen LogP contribution < -0.4 is 31.8 Å². The van der Waals surface area contributed by atoms with Gasteiger partial charge in [-0.25, -0.2) is 4.98 Å². The molecular formula is C31H33N7O5. The number of ether oxygens (including phenoxy) is 3. The smallest absolute Gasteiger partial charge is 0.280 e. The van der Waals surface area contributed by atoms with E-state index in [1.807, 2.05) is 78.9 Å². The zero-order chi connectivity index (χ0) is 30.1. The van der Waals surface area contributed by atoms with E-state index in [0.29, 0.717) is 11.5 Å². The van der Waals surface area contributed by atoms with E-state index in [0.717, 1.165) is 16.7 Å². The predicted octanol–water partition coefficient (Wildman–Crippen LogP) is 2.09. The van der Waals surface area contributed by atoms with Gasteiger partial charge in [0.1, 0.15) is 23.1 Å². The fourth-order valence-electron chi connectivity index (χ4n) is 5.64. The molecule has 12 nitrogen and oxygen atoms in total. The van der Waals surface area contributed by atoms with Gasteiger partial charge >= 0.3 is 0 Å². The van der Waals surface area contributed by atoms with Crippen LogP contribution in [0.1, 0.15) is 22.9 Å². The number of imidazole rings is 1. The minimum atomic E-state index is -1.08. The van der Waals surface area contributed by atoms with Crippen molar-refractivity contribution in [2.45, 2.75) is 30.0 Å². The molecule has 43 heavy (non-hydrogen) atoms. The Hall–Kier alpha value is -4.75. The van der Waals surface area contributed by atoms with E-state index in [-0.39, 0.29) is 23.7 Å². The van der Waals surface area contributed by atoms with E-state index in [1.54, 1.807) is 14.2 Å². The Morgan fingerprint density at radius 1 is 0.977 bits per heavy atom. The number of hydrogen-bond donors (Lipinski definition) is 5. The van der Waals surface area contributed by atoms with Crippen LogP contribution in [0.15, 0.2) is 90.0 Å². The molecule has 0 radical (unpaired) electrons. The number of hydrogen-bond acceptors (Lipinski definition) is 10. The third-order valence-corrected chi connectivity index (χ3v) is 7.93. The number of nitrogens with two attached hydrogens (primary N) is 2. The first-order valence-corrected chi connectivity index (χ1v) is 13.8. The Kier molecular flexibility index (Phi) is 7.59. The number of H-pyrrole nitrogens is 1. The van der Waals surface area contributed by atoms with Crippen molar-refractivity contribution in [2.75, 3.05) is 26.1 Å². The zero-order valence-corrected chi connectivity index (χ0v) is 23.7. The van der Waals surface area contributed by atoms with Crippen LogP contribution in [0.25, 0.3) is 11.2 Å². The largest absolute Gasteiger partial charge is 0.497 e. The molecule has 0 amide bonds. The lowest BCUT2D eigenvalue weighted by molar-refractivity contribution is -0.0321. The highest BCUT2D eigenvalue weighted by Crippen LogP contribution is 2.41. The Labute approximate surface area is 247 Å². The number of aromatic nitrogens is 4. The Bertz CT molecular complexity index is 1710. The molecule has 0 spiro atoms. The number of anilines is 1. The molecule has 1 aliphatic rings. The van der Waals surface area contributed by atoms with Gasteiger partial charge in [-0.2, -0.15) is 4.98 Å². The van der Waals surface area contributed by atoms with Gasteiger partial charge in [0.15, 0.2) is 17.4 Å². The number of fused-ring (bicyclic) bond motifs is 1. The lowest BCUT2D eigenvalue weighted by Gasteiger charge is -2.37. The summed E-state index contributed by atoms with van der Waals surface area (Å²) in [6, 6.07) is 24.5. The molecule has 3 aromatic carbocycles. The molecule has 7 N–H and O–H groups in total. The standard InChI is InChI=1S/C31H33N7O5/c1-41-21-12-8-19(9-13-21)31(18-6-4-3-5-7-18,20-10-14-22(42-2)15-11-20)37-30-35-27-25(28(40)36-30)34-17-38(27)29-26(39)24(33)23(16-32)43-29/h3-15,17,23-24,26,29,39H,16,32-33H2,1-2H3,(H2,35,36,37,40)/t23-,24-,26-,29-/m1/s1. The van der Waals surface area contributed by atoms with Crippen LogP contribution in [-0.2, 0) is 10.3 Å². The molecule has 1 fully saturated rings. The first kappa shape index (κ1) is 28.4. The zero-order valence-electron chi connectivity index (χ0n) is 23.7. The molecule has 0 aliphatic carbocycles. The highest BCUT2D eigenvalue weighted by molar-refractivity contribution is 5.71. The van der Waals surface area contributed by atoms with Gasteiger partial charge < -0.3 is 36.1 Å². The summed E-state index contributed by atoms with van der Waals surface area (Å²) in [5.74, 6) is 1.56. The fourth-order valence-corrected chi connectivity index (χ4v) is 5.64. The minimum Gasteiger partial charge on any atom is -0.497 e. The maximum Gasteiger partial charge on any atom is 0.280 e. The lowest BCUT2D eigenvalue weighted by atomic mass is 9.77. The predicted molar refractivity (Wildman–Crippen MR) is 161 cm³/mol. The molecule has 0 unspecified atom stereocenters. The number of nitrogens with one attached hydrogen (secondary N) is 2. The number of aromatic amines is 1. The van der Waals surface area contributed by atoms with E-state index in [2.05, 4.69) is 15.3 Å². The summed E-state index contributed by atoms with van der Waals surface area (Å²) in [5.41, 5.74) is 13.3. The molecule has 0 bridgehead atoms. The van der Waals surface area contributed by atoms with Crippen LogP contribution in [0.5, 0.6) is 11.5 Å². The molecule has 222 valence electrons. The topological polar surface area (TPSA) is 176 Å². The van der Waals surface area contributed by atoms with Gasteiger partial charge in [-0.15, -0.1) is 0 Å². The van der Waals surface area contributed by atoms with Crippen molar-refractivity contribution in [3.05, 3.63) is 112 Å². The van der Waals surface area contributed by atoms with Crippen LogP contribution >= 0.6 is 0 Å². The Morgan fingerprint density at radius 3 is 2.09 bits per heavy atom. The number of nitrogens with zero attached hydrogens (tertiary/aromatic N) is 3. The van der Waals surface area contributed by atoms with Gasteiger partial charge in [-0.3, -0.25) is 14.3 Å². The van der Waals surface area contributed by atoms with Crippen LogP contribution in [0.3, 0.4) is 0 Å². The summed E-state index contributed by atoms with van der Waals surface area (Å²) >= 11 is 0. The molecule has 12 heteroatoms. The molecule has 1 saturated heterocycles. The Morgan fingerprint density at radius 2 is 1.56 bits per heavy atom. The van der Waals surface area contributed by atoms with Gasteiger partial charge in [0.2, 0.25) is 5.95 Å². The lowest BCUT2D eigenvalue weighted by Crippen LogP contribution is -2.42. The van der Waals surface area contributed by atoms with Crippen molar-refractivity contribution in [1.82, 2.24) is 19.5 Å².